The van der Waals surface area contributed by atoms with E-state index >= 15 is 0 Å². The fourth-order valence-electron chi connectivity index (χ4n) is 2.23. The van der Waals surface area contributed by atoms with Gasteiger partial charge >= 0.3 is 5.97 Å². The third-order valence-corrected chi connectivity index (χ3v) is 3.17. The van der Waals surface area contributed by atoms with Crippen LogP contribution in [0.15, 0.2) is 12.3 Å². The number of carboxylic acids is 1. The van der Waals surface area contributed by atoms with Crippen molar-refractivity contribution in [1.29, 1.82) is 0 Å². The zero-order valence-corrected chi connectivity index (χ0v) is 12.5. The van der Waals surface area contributed by atoms with Crippen molar-refractivity contribution in [2.45, 2.75) is 32.7 Å². The van der Waals surface area contributed by atoms with E-state index < -0.39 is 11.5 Å². The number of carbonyl (C=O) groups is 2. The van der Waals surface area contributed by atoms with Crippen LogP contribution in [0, 0.1) is 6.92 Å². The quantitative estimate of drug-likeness (QED) is 0.883. The van der Waals surface area contributed by atoms with Gasteiger partial charge in [-0.3, -0.25) is 14.3 Å². The minimum absolute atomic E-state index is 0.152. The van der Waals surface area contributed by atoms with Crippen LogP contribution in [0.5, 0.6) is 0 Å². The maximum absolute atomic E-state index is 12.2. The molecule has 2 aromatic rings. The number of hydrogen-bond donors (Lipinski definition) is 2. The Kier molecular flexibility index (Phi) is 3.67. The molecule has 0 unspecified atom stereocenters. The van der Waals surface area contributed by atoms with Gasteiger partial charge in [-0.2, -0.15) is 5.10 Å². The highest BCUT2D eigenvalue weighted by Crippen LogP contribution is 2.17. The molecule has 7 nitrogen and oxygen atoms in total. The molecule has 0 aliphatic heterocycles. The van der Waals surface area contributed by atoms with Crippen LogP contribution < -0.4 is 5.32 Å². The molecule has 21 heavy (non-hydrogen) atoms. The lowest BCUT2D eigenvalue weighted by Crippen LogP contribution is -2.44. The van der Waals surface area contributed by atoms with Gasteiger partial charge in [-0.25, -0.2) is 4.98 Å². The first kappa shape index (κ1) is 15.0. The number of hydrogen-bond acceptors (Lipinski definition) is 4. The van der Waals surface area contributed by atoms with Crippen LogP contribution in [-0.2, 0) is 11.8 Å². The summed E-state index contributed by atoms with van der Waals surface area (Å²) in [6.45, 7) is 5.18. The number of aromatic nitrogens is 3. The third-order valence-electron chi connectivity index (χ3n) is 3.17. The third kappa shape index (κ3) is 3.18. The largest absolute Gasteiger partial charge is 0.481 e. The molecule has 0 spiro atoms. The average Bonchev–Trinajstić information content (AvgIpc) is 2.62. The van der Waals surface area contributed by atoms with Crippen LogP contribution in [-0.4, -0.2) is 37.3 Å². The number of carbonyl (C=O) groups excluding carboxylic acids is 1. The highest BCUT2D eigenvalue weighted by atomic mass is 16.4. The molecule has 1 amide bonds. The lowest BCUT2D eigenvalue weighted by molar-refractivity contribution is -0.138. The van der Waals surface area contributed by atoms with Crippen LogP contribution in [0.25, 0.3) is 11.0 Å². The molecular weight excluding hydrogens is 272 g/mol. The number of aryl methyl sites for hydroxylation is 2. The summed E-state index contributed by atoms with van der Waals surface area (Å²) < 4.78 is 1.65. The van der Waals surface area contributed by atoms with Crippen molar-refractivity contribution in [2.75, 3.05) is 0 Å². The van der Waals surface area contributed by atoms with E-state index in [0.717, 1.165) is 11.1 Å². The molecule has 0 saturated heterocycles. The van der Waals surface area contributed by atoms with Crippen molar-refractivity contribution < 1.29 is 14.7 Å². The summed E-state index contributed by atoms with van der Waals surface area (Å²) in [5, 5.41) is 16.6. The highest BCUT2D eigenvalue weighted by Gasteiger charge is 2.24. The van der Waals surface area contributed by atoms with E-state index in [4.69, 9.17) is 5.11 Å². The van der Waals surface area contributed by atoms with Crippen molar-refractivity contribution in [3.8, 4) is 0 Å². The number of nitrogens with zero attached hydrogens (tertiary/aromatic N) is 3. The van der Waals surface area contributed by atoms with E-state index in [1.54, 1.807) is 31.6 Å². The van der Waals surface area contributed by atoms with E-state index in [-0.39, 0.29) is 12.3 Å². The first-order valence-electron chi connectivity index (χ1n) is 6.53. The monoisotopic (exact) mass is 290 g/mol. The molecule has 2 aromatic heterocycles. The van der Waals surface area contributed by atoms with E-state index in [1.165, 1.54) is 6.20 Å². The molecule has 2 rings (SSSR count). The number of rotatable bonds is 4. The van der Waals surface area contributed by atoms with Gasteiger partial charge < -0.3 is 10.4 Å². The Hall–Kier alpha value is -2.44. The summed E-state index contributed by atoms with van der Waals surface area (Å²) >= 11 is 0. The van der Waals surface area contributed by atoms with Gasteiger partial charge in [0.25, 0.3) is 5.91 Å². The minimum atomic E-state index is -0.961. The van der Waals surface area contributed by atoms with Crippen molar-refractivity contribution in [1.82, 2.24) is 20.1 Å². The zero-order chi connectivity index (χ0) is 15.8. The number of pyridine rings is 1. The molecule has 112 valence electrons. The molecule has 0 radical (unpaired) electrons. The molecule has 7 heteroatoms. The van der Waals surface area contributed by atoms with Gasteiger partial charge in [0, 0.05) is 24.2 Å². The maximum atomic E-state index is 12.2. The van der Waals surface area contributed by atoms with Gasteiger partial charge in [-0.15, -0.1) is 0 Å². The molecule has 0 aromatic carbocycles. The second-order valence-corrected chi connectivity index (χ2v) is 5.71. The summed E-state index contributed by atoms with van der Waals surface area (Å²) in [4.78, 5) is 27.2. The van der Waals surface area contributed by atoms with Crippen molar-refractivity contribution >= 4 is 22.9 Å². The molecule has 2 N–H and O–H groups in total. The number of nitrogens with one attached hydrogen (secondary N) is 1. The Morgan fingerprint density at radius 1 is 1.43 bits per heavy atom. The minimum Gasteiger partial charge on any atom is -0.481 e. The average molecular weight is 290 g/mol. The first-order valence-corrected chi connectivity index (χ1v) is 6.53. The van der Waals surface area contributed by atoms with Gasteiger partial charge in [0.2, 0.25) is 0 Å². The van der Waals surface area contributed by atoms with Crippen LogP contribution in [0.2, 0.25) is 0 Å². The zero-order valence-electron chi connectivity index (χ0n) is 12.5. The Bertz CT molecular complexity index is 718. The van der Waals surface area contributed by atoms with Crippen molar-refractivity contribution in [3.05, 3.63) is 23.5 Å². The standard InChI is InChI=1S/C14H18N4O3/c1-8-10-5-9(7-15-12(10)18(4)17-8)13(21)16-14(2,3)6-11(19)20/h5,7H,6H2,1-4H3,(H,16,21)(H,19,20). The van der Waals surface area contributed by atoms with E-state index in [9.17, 15) is 9.59 Å². The van der Waals surface area contributed by atoms with Crippen LogP contribution in [0.1, 0.15) is 36.3 Å². The van der Waals surface area contributed by atoms with Crippen molar-refractivity contribution in [3.63, 3.8) is 0 Å². The van der Waals surface area contributed by atoms with E-state index in [0.29, 0.717) is 11.2 Å². The predicted molar refractivity (Wildman–Crippen MR) is 77.0 cm³/mol. The Morgan fingerprint density at radius 2 is 2.10 bits per heavy atom. The lowest BCUT2D eigenvalue weighted by Gasteiger charge is -2.24. The first-order chi connectivity index (χ1) is 9.69. The second kappa shape index (κ2) is 5.16. The molecule has 0 fully saturated rings. The molecule has 0 saturated carbocycles. The van der Waals surface area contributed by atoms with Crippen LogP contribution in [0.4, 0.5) is 0 Å². The maximum Gasteiger partial charge on any atom is 0.305 e. The molecule has 0 bridgehead atoms. The fraction of sp³-hybridized carbons (Fsp3) is 0.429. The number of amides is 1. The van der Waals surface area contributed by atoms with Gasteiger partial charge in [0.15, 0.2) is 5.65 Å². The summed E-state index contributed by atoms with van der Waals surface area (Å²) in [5.74, 6) is -1.31. The normalized spacial score (nSPS) is 11.6. The van der Waals surface area contributed by atoms with Crippen LogP contribution in [0.3, 0.4) is 0 Å². The van der Waals surface area contributed by atoms with E-state index in [2.05, 4.69) is 15.4 Å². The van der Waals surface area contributed by atoms with Gasteiger partial charge in [-0.1, -0.05) is 0 Å². The Morgan fingerprint density at radius 3 is 2.71 bits per heavy atom. The Labute approximate surface area is 122 Å². The molecule has 0 aliphatic rings. The fourth-order valence-corrected chi connectivity index (χ4v) is 2.23. The topological polar surface area (TPSA) is 97.1 Å². The summed E-state index contributed by atoms with van der Waals surface area (Å²) in [7, 11) is 1.79. The smallest absolute Gasteiger partial charge is 0.305 e. The summed E-state index contributed by atoms with van der Waals surface area (Å²) in [6, 6.07) is 1.72. The summed E-state index contributed by atoms with van der Waals surface area (Å²) in [5.41, 5.74) is 1.05. The summed E-state index contributed by atoms with van der Waals surface area (Å²) in [6.07, 6.45) is 1.32. The van der Waals surface area contributed by atoms with Crippen molar-refractivity contribution in [2.24, 2.45) is 7.05 Å². The molecular formula is C14H18N4O3. The van der Waals surface area contributed by atoms with Gasteiger partial charge in [0.05, 0.1) is 17.7 Å². The Balaban J connectivity index is 2.27. The second-order valence-electron chi connectivity index (χ2n) is 5.71. The number of aliphatic carboxylic acids is 1. The van der Waals surface area contributed by atoms with E-state index in [1.807, 2.05) is 6.92 Å². The van der Waals surface area contributed by atoms with Gasteiger partial charge in [0.1, 0.15) is 0 Å². The predicted octanol–water partition coefficient (Wildman–Crippen LogP) is 1.26. The number of carboxylic acid groups (broad SMARTS) is 1. The SMILES string of the molecule is Cc1nn(C)c2ncc(C(=O)NC(C)(C)CC(=O)O)cc12. The van der Waals surface area contributed by atoms with Gasteiger partial charge in [-0.05, 0) is 26.8 Å². The lowest BCUT2D eigenvalue weighted by atomic mass is 10.00. The number of fused-ring (bicyclic) bond motifs is 1. The highest BCUT2D eigenvalue weighted by molar-refractivity contribution is 5.97. The molecule has 0 atom stereocenters. The molecule has 2 heterocycles. The van der Waals surface area contributed by atoms with Crippen LogP contribution >= 0.6 is 0 Å². The molecule has 0 aliphatic carbocycles.